The van der Waals surface area contributed by atoms with Gasteiger partial charge in [-0.25, -0.2) is 0 Å². The van der Waals surface area contributed by atoms with Crippen LogP contribution in [0.3, 0.4) is 0 Å². The third kappa shape index (κ3) is 3.63. The molecule has 0 N–H and O–H groups in total. The molecule has 0 radical (unpaired) electrons. The van der Waals surface area contributed by atoms with Crippen molar-refractivity contribution in [1.82, 2.24) is 4.90 Å². The Morgan fingerprint density at radius 3 is 2.62 bits per heavy atom. The van der Waals surface area contributed by atoms with E-state index >= 15 is 0 Å². The van der Waals surface area contributed by atoms with E-state index in [2.05, 4.69) is 0 Å². The summed E-state index contributed by atoms with van der Waals surface area (Å²) in [4.78, 5) is 35.0. The molecule has 1 heterocycles. The molecule has 1 atom stereocenters. The number of nitro benzene ring substituents is 1. The average Bonchev–Trinajstić information content (AvgIpc) is 2.45. The zero-order valence-electron chi connectivity index (χ0n) is 11.7. The van der Waals surface area contributed by atoms with Crippen molar-refractivity contribution >= 4 is 17.4 Å². The number of carbonyl (C=O) groups is 2. The van der Waals surface area contributed by atoms with Gasteiger partial charge in [0.15, 0.2) is 5.78 Å². The summed E-state index contributed by atoms with van der Waals surface area (Å²) < 4.78 is 4.84. The first-order valence-corrected chi connectivity index (χ1v) is 6.67. The summed E-state index contributed by atoms with van der Waals surface area (Å²) in [6.07, 6.45) is 0.0552. The van der Waals surface area contributed by atoms with Gasteiger partial charge in [-0.05, 0) is 12.5 Å². The van der Waals surface area contributed by atoms with Crippen molar-refractivity contribution in [3.8, 4) is 0 Å². The van der Waals surface area contributed by atoms with Crippen molar-refractivity contribution in [3.63, 3.8) is 0 Å². The Hall–Kier alpha value is -2.28. The van der Waals surface area contributed by atoms with Crippen LogP contribution in [0.25, 0.3) is 0 Å². The number of likely N-dealkylation sites (tertiary alicyclic amines) is 1. The number of hydrogen-bond acceptors (Lipinski definition) is 6. The molecule has 1 aromatic carbocycles. The molecule has 7 nitrogen and oxygen atoms in total. The van der Waals surface area contributed by atoms with Crippen molar-refractivity contribution in [2.45, 2.75) is 25.9 Å². The highest BCUT2D eigenvalue weighted by Crippen LogP contribution is 2.22. The molecule has 7 heteroatoms. The summed E-state index contributed by atoms with van der Waals surface area (Å²) in [6.45, 7) is 2.78. The Morgan fingerprint density at radius 2 is 2.10 bits per heavy atom. The van der Waals surface area contributed by atoms with E-state index in [9.17, 15) is 19.7 Å². The number of ether oxygens (including phenoxy) is 1. The highest BCUT2D eigenvalue weighted by Gasteiger charge is 2.38. The van der Waals surface area contributed by atoms with Gasteiger partial charge >= 0.3 is 5.97 Å². The summed E-state index contributed by atoms with van der Waals surface area (Å²) in [5.74, 6) is -0.366. The van der Waals surface area contributed by atoms with E-state index in [-0.39, 0.29) is 23.9 Å². The lowest BCUT2D eigenvalue weighted by atomic mass is 9.97. The van der Waals surface area contributed by atoms with Crippen LogP contribution in [0, 0.1) is 10.1 Å². The van der Waals surface area contributed by atoms with E-state index in [1.54, 1.807) is 19.1 Å². The van der Waals surface area contributed by atoms with E-state index in [1.807, 2.05) is 4.90 Å². The fourth-order valence-corrected chi connectivity index (χ4v) is 2.25. The molecular formula is C14H16N2O5. The van der Waals surface area contributed by atoms with Crippen LogP contribution in [-0.4, -0.2) is 40.8 Å². The van der Waals surface area contributed by atoms with Crippen molar-refractivity contribution < 1.29 is 19.2 Å². The van der Waals surface area contributed by atoms with Crippen molar-refractivity contribution in [2.75, 3.05) is 13.2 Å². The molecule has 0 spiro atoms. The molecule has 1 aliphatic rings. The third-order valence-corrected chi connectivity index (χ3v) is 3.37. The highest BCUT2D eigenvalue weighted by atomic mass is 16.6. The summed E-state index contributed by atoms with van der Waals surface area (Å²) >= 11 is 0. The summed E-state index contributed by atoms with van der Waals surface area (Å²) in [6, 6.07) is 5.72. The number of nitrogens with zero attached hydrogens (tertiary/aromatic N) is 2. The number of carbonyl (C=O) groups excluding carboxylic acids is 2. The van der Waals surface area contributed by atoms with E-state index in [1.165, 1.54) is 12.1 Å². The molecule has 1 fully saturated rings. The minimum absolute atomic E-state index is 0.0185. The smallest absolute Gasteiger partial charge is 0.307 e. The number of ketones is 1. The Balaban J connectivity index is 1.94. The first-order valence-electron chi connectivity index (χ1n) is 6.67. The van der Waals surface area contributed by atoms with Gasteiger partial charge in [-0.2, -0.15) is 0 Å². The maximum Gasteiger partial charge on any atom is 0.307 e. The van der Waals surface area contributed by atoms with Crippen molar-refractivity contribution in [3.05, 3.63) is 39.9 Å². The quantitative estimate of drug-likeness (QED) is 0.446. The van der Waals surface area contributed by atoms with E-state index in [0.717, 1.165) is 5.56 Å². The van der Waals surface area contributed by atoms with Gasteiger partial charge in [-0.15, -0.1) is 0 Å². The number of rotatable bonds is 6. The first-order chi connectivity index (χ1) is 10.0. The number of benzene rings is 1. The summed E-state index contributed by atoms with van der Waals surface area (Å²) in [7, 11) is 0. The van der Waals surface area contributed by atoms with Gasteiger partial charge in [0.25, 0.3) is 5.69 Å². The van der Waals surface area contributed by atoms with Gasteiger partial charge in [0.05, 0.1) is 30.5 Å². The zero-order chi connectivity index (χ0) is 15.4. The minimum atomic E-state index is -0.458. The van der Waals surface area contributed by atoms with Gasteiger partial charge in [-0.1, -0.05) is 12.1 Å². The lowest BCUT2D eigenvalue weighted by Crippen LogP contribution is -2.57. The van der Waals surface area contributed by atoms with Gasteiger partial charge in [0.2, 0.25) is 0 Å². The topological polar surface area (TPSA) is 89.8 Å². The van der Waals surface area contributed by atoms with Gasteiger partial charge in [0, 0.05) is 18.7 Å². The van der Waals surface area contributed by atoms with Crippen LogP contribution in [0.2, 0.25) is 0 Å². The normalized spacial score (nSPS) is 18.1. The zero-order valence-corrected chi connectivity index (χ0v) is 11.7. The number of Topliss-reactive ketones (excluding diaryl/α,β-unsaturated/α-hetero) is 1. The molecule has 1 unspecified atom stereocenters. The number of non-ortho nitro benzene ring substituents is 1. The molecule has 1 aromatic rings. The van der Waals surface area contributed by atoms with Crippen LogP contribution < -0.4 is 0 Å². The van der Waals surface area contributed by atoms with Crippen LogP contribution in [0.4, 0.5) is 5.69 Å². The van der Waals surface area contributed by atoms with Crippen LogP contribution in [0.1, 0.15) is 18.9 Å². The summed E-state index contributed by atoms with van der Waals surface area (Å²) in [5, 5.41) is 10.6. The molecule has 1 saturated heterocycles. The van der Waals surface area contributed by atoms with E-state index in [0.29, 0.717) is 19.7 Å². The second-order valence-corrected chi connectivity index (χ2v) is 4.82. The van der Waals surface area contributed by atoms with Crippen molar-refractivity contribution in [1.29, 1.82) is 0 Å². The van der Waals surface area contributed by atoms with Gasteiger partial charge < -0.3 is 4.74 Å². The molecule has 0 saturated carbocycles. The molecule has 0 amide bonds. The SMILES string of the molecule is CCOC(=O)CC1C(=O)CN1Cc1ccc([N+](=O)[O-])cc1. The van der Waals surface area contributed by atoms with Crippen LogP contribution in [-0.2, 0) is 20.9 Å². The van der Waals surface area contributed by atoms with Crippen molar-refractivity contribution in [2.24, 2.45) is 0 Å². The number of nitro groups is 1. The molecule has 2 rings (SSSR count). The van der Waals surface area contributed by atoms with Crippen LogP contribution >= 0.6 is 0 Å². The van der Waals surface area contributed by atoms with Crippen LogP contribution in [0.5, 0.6) is 0 Å². The maximum atomic E-state index is 11.6. The third-order valence-electron chi connectivity index (χ3n) is 3.37. The molecule has 0 aromatic heterocycles. The molecule has 0 aliphatic carbocycles. The predicted octanol–water partition coefficient (Wildman–Crippen LogP) is 1.30. The lowest BCUT2D eigenvalue weighted by Gasteiger charge is -2.38. The molecular weight excluding hydrogens is 276 g/mol. The molecule has 21 heavy (non-hydrogen) atoms. The average molecular weight is 292 g/mol. The summed E-state index contributed by atoms with van der Waals surface area (Å²) in [5.41, 5.74) is 0.892. The standard InChI is InChI=1S/C14H16N2O5/c1-2-21-14(18)7-12-13(17)9-15(12)8-10-3-5-11(6-4-10)16(19)20/h3-6,12H,2,7-9H2,1H3. The monoisotopic (exact) mass is 292 g/mol. The fraction of sp³-hybridized carbons (Fsp3) is 0.429. The Kier molecular flexibility index (Phi) is 4.64. The molecule has 0 bridgehead atoms. The Labute approximate surface area is 121 Å². The second-order valence-electron chi connectivity index (χ2n) is 4.82. The van der Waals surface area contributed by atoms with Gasteiger partial charge in [-0.3, -0.25) is 24.6 Å². The predicted molar refractivity (Wildman–Crippen MR) is 73.6 cm³/mol. The first kappa shape index (κ1) is 15.1. The number of esters is 1. The maximum absolute atomic E-state index is 11.6. The van der Waals surface area contributed by atoms with Gasteiger partial charge in [0.1, 0.15) is 0 Å². The Morgan fingerprint density at radius 1 is 1.43 bits per heavy atom. The number of hydrogen-bond donors (Lipinski definition) is 0. The fourth-order valence-electron chi connectivity index (χ4n) is 2.25. The second kappa shape index (κ2) is 6.45. The highest BCUT2D eigenvalue weighted by molar-refractivity contribution is 5.94. The molecule has 112 valence electrons. The van der Waals surface area contributed by atoms with Crippen LogP contribution in [0.15, 0.2) is 24.3 Å². The van der Waals surface area contributed by atoms with E-state index < -0.39 is 11.0 Å². The molecule has 1 aliphatic heterocycles. The largest absolute Gasteiger partial charge is 0.466 e. The van der Waals surface area contributed by atoms with E-state index in [4.69, 9.17) is 4.74 Å². The minimum Gasteiger partial charge on any atom is -0.466 e. The Bertz CT molecular complexity index is 555. The lowest BCUT2D eigenvalue weighted by molar-refractivity contribution is -0.384.